The molecule has 1 aromatic carbocycles. The quantitative estimate of drug-likeness (QED) is 0.416. The number of hydrogen-bond acceptors (Lipinski definition) is 7. The third-order valence-corrected chi connectivity index (χ3v) is 5.78. The van der Waals surface area contributed by atoms with Gasteiger partial charge in [0.2, 0.25) is 5.95 Å². The monoisotopic (exact) mass is 491 g/mol. The Morgan fingerprint density at radius 1 is 1.33 bits per heavy atom. The normalized spacial score (nSPS) is 18.1. The number of carbonyl (C=O) groups is 2. The number of nitrogens with one attached hydrogen (secondary N) is 1. The molecule has 0 spiro atoms. The molecule has 2 aliphatic heterocycles. The summed E-state index contributed by atoms with van der Waals surface area (Å²) in [4.78, 5) is 31.1. The molecule has 0 radical (unpaired) electrons. The number of pyridine rings is 1. The molecule has 1 saturated heterocycles. The molecule has 0 bridgehead atoms. The molecule has 1 fully saturated rings. The Balaban J connectivity index is 1.26. The number of halogens is 1. The molecule has 1 atom stereocenters. The average Bonchev–Trinajstić information content (AvgIpc) is 3.28. The smallest absolute Gasteiger partial charge is 0.342 e. The zero-order chi connectivity index (χ0) is 25.3. The van der Waals surface area contributed by atoms with Gasteiger partial charge in [0.05, 0.1) is 25.1 Å². The fourth-order valence-corrected chi connectivity index (χ4v) is 3.77. The number of likely N-dealkylation sites (N-methyl/N-ethyl adjacent to an activating group) is 1. The minimum absolute atomic E-state index is 0.0780. The predicted molar refractivity (Wildman–Crippen MR) is 125 cm³/mol. The van der Waals surface area contributed by atoms with E-state index in [2.05, 4.69) is 27.2 Å². The largest absolute Gasteiger partial charge is 0.489 e. The zero-order valence-corrected chi connectivity index (χ0v) is 19.3. The maximum atomic E-state index is 13.3. The highest BCUT2D eigenvalue weighted by Gasteiger charge is 2.34. The first kappa shape index (κ1) is 23.5. The van der Waals surface area contributed by atoms with Crippen molar-refractivity contribution in [2.24, 2.45) is 0 Å². The molecule has 2 amide bonds. The number of amides is 2. The minimum atomic E-state index is -1.15. The lowest BCUT2D eigenvalue weighted by Gasteiger charge is -2.30. The van der Waals surface area contributed by atoms with Crippen molar-refractivity contribution in [3.8, 4) is 17.6 Å². The van der Waals surface area contributed by atoms with Crippen LogP contribution in [0.4, 0.5) is 14.9 Å². The topological polar surface area (TPSA) is 119 Å². The molecule has 0 saturated carbocycles. The summed E-state index contributed by atoms with van der Waals surface area (Å²) in [6.07, 6.45) is 3.27. The van der Waals surface area contributed by atoms with Crippen molar-refractivity contribution in [2.45, 2.75) is 18.1 Å². The second kappa shape index (κ2) is 9.41. The number of anilines is 1. The molecular formula is C25H22FN5O5. The van der Waals surface area contributed by atoms with Crippen LogP contribution < -0.4 is 15.0 Å². The summed E-state index contributed by atoms with van der Waals surface area (Å²) in [5.41, 5.74) is 1.09. The highest BCUT2D eigenvalue weighted by atomic mass is 19.1. The van der Waals surface area contributed by atoms with Crippen molar-refractivity contribution in [2.75, 3.05) is 31.8 Å². The van der Waals surface area contributed by atoms with Crippen LogP contribution in [0.5, 0.6) is 5.75 Å². The molecule has 4 heterocycles. The number of aromatic nitrogens is 3. The Labute approximate surface area is 205 Å². The fraction of sp³-hybridized carbons (Fsp3) is 0.280. The maximum absolute atomic E-state index is 13.3. The molecule has 11 heteroatoms. The van der Waals surface area contributed by atoms with Crippen molar-refractivity contribution in [1.82, 2.24) is 20.1 Å². The Hall–Kier alpha value is -4.27. The number of benzene rings is 1. The second-order valence-electron chi connectivity index (χ2n) is 8.59. The molecule has 2 N–H and O–H groups in total. The Kier molecular flexibility index (Phi) is 6.13. The number of nitrogens with zero attached hydrogens (tertiary/aromatic N) is 4. The first-order valence-corrected chi connectivity index (χ1v) is 11.1. The minimum Gasteiger partial charge on any atom is -0.489 e. The summed E-state index contributed by atoms with van der Waals surface area (Å²) in [6.45, 7) is 0.242. The van der Waals surface area contributed by atoms with Gasteiger partial charge in [0.15, 0.2) is 5.60 Å². The van der Waals surface area contributed by atoms with Crippen molar-refractivity contribution in [3.05, 3.63) is 71.6 Å². The molecule has 3 aromatic rings. The third-order valence-electron chi connectivity index (χ3n) is 5.78. The van der Waals surface area contributed by atoms with Crippen molar-refractivity contribution in [3.63, 3.8) is 0 Å². The number of rotatable bonds is 3. The first-order valence-electron chi connectivity index (χ1n) is 11.1. The lowest BCUT2D eigenvalue weighted by molar-refractivity contribution is -0.140. The summed E-state index contributed by atoms with van der Waals surface area (Å²) in [5.74, 6) is 5.18. The summed E-state index contributed by atoms with van der Waals surface area (Å²) >= 11 is 0. The molecule has 184 valence electrons. The number of ether oxygens (including phenoxy) is 2. The number of carbonyl (C=O) groups excluding carboxylic acids is 2. The zero-order valence-electron chi connectivity index (χ0n) is 19.3. The van der Waals surface area contributed by atoms with Crippen molar-refractivity contribution < 1.29 is 28.6 Å². The van der Waals surface area contributed by atoms with E-state index in [9.17, 15) is 19.1 Å². The van der Waals surface area contributed by atoms with Gasteiger partial charge >= 0.3 is 6.03 Å². The van der Waals surface area contributed by atoms with Crippen LogP contribution in [0.2, 0.25) is 0 Å². The van der Waals surface area contributed by atoms with Gasteiger partial charge in [0.1, 0.15) is 18.4 Å². The Morgan fingerprint density at radius 2 is 2.17 bits per heavy atom. The standard InChI is InChI=1S/C25H22FN5O5/c1-30-20-10-16(7-8-25(34)14-35-15-25)5-6-21(20)36-13-19(23(30)32)29-24(33)31-12-17(11-27-31)9-18-3-2-4-22(26)28-18/h2-6,10-12,19,34H,9,13-15H2,1H3,(H,29,33)/t19-/m1/s1. The van der Waals surface area contributed by atoms with Crippen LogP contribution in [0.15, 0.2) is 48.8 Å². The molecule has 2 aliphatic rings. The van der Waals surface area contributed by atoms with Gasteiger partial charge < -0.3 is 24.8 Å². The van der Waals surface area contributed by atoms with Crippen LogP contribution in [0.3, 0.4) is 0 Å². The number of fused-ring (bicyclic) bond motifs is 1. The molecule has 10 nitrogen and oxygen atoms in total. The predicted octanol–water partition coefficient (Wildman–Crippen LogP) is 1.10. The molecule has 5 rings (SSSR count). The fourth-order valence-electron chi connectivity index (χ4n) is 3.77. The van der Waals surface area contributed by atoms with E-state index in [0.29, 0.717) is 34.7 Å². The van der Waals surface area contributed by atoms with Crippen LogP contribution in [-0.4, -0.2) is 70.3 Å². The summed E-state index contributed by atoms with van der Waals surface area (Å²) in [5, 5.41) is 16.8. The van der Waals surface area contributed by atoms with Gasteiger partial charge in [-0.3, -0.25) is 4.79 Å². The lowest BCUT2D eigenvalue weighted by Crippen LogP contribution is -2.50. The van der Waals surface area contributed by atoms with E-state index in [1.54, 1.807) is 37.4 Å². The third kappa shape index (κ3) is 4.91. The van der Waals surface area contributed by atoms with Crippen LogP contribution in [0, 0.1) is 17.8 Å². The van der Waals surface area contributed by atoms with E-state index >= 15 is 0 Å². The summed E-state index contributed by atoms with van der Waals surface area (Å²) in [7, 11) is 1.58. The Bertz CT molecular complexity index is 1390. The maximum Gasteiger partial charge on any atom is 0.342 e. The van der Waals surface area contributed by atoms with Gasteiger partial charge in [-0.15, -0.1) is 0 Å². The van der Waals surface area contributed by atoms with Gasteiger partial charge in [-0.1, -0.05) is 17.9 Å². The second-order valence-corrected chi connectivity index (χ2v) is 8.59. The van der Waals surface area contributed by atoms with Gasteiger partial charge in [-0.05, 0) is 35.9 Å². The van der Waals surface area contributed by atoms with Crippen LogP contribution >= 0.6 is 0 Å². The molecule has 36 heavy (non-hydrogen) atoms. The van der Waals surface area contributed by atoms with Crippen molar-refractivity contribution >= 4 is 17.6 Å². The van der Waals surface area contributed by atoms with E-state index < -0.39 is 23.6 Å². The molecular weight excluding hydrogens is 469 g/mol. The first-order chi connectivity index (χ1) is 17.3. The van der Waals surface area contributed by atoms with E-state index in [1.165, 1.54) is 23.4 Å². The summed E-state index contributed by atoms with van der Waals surface area (Å²) < 4.78 is 25.2. The van der Waals surface area contributed by atoms with E-state index in [4.69, 9.17) is 9.47 Å². The highest BCUT2D eigenvalue weighted by molar-refractivity contribution is 6.00. The molecule has 2 aromatic heterocycles. The number of hydrogen-bond donors (Lipinski definition) is 2. The summed E-state index contributed by atoms with van der Waals surface area (Å²) in [6, 6.07) is 8.02. The van der Waals surface area contributed by atoms with Crippen molar-refractivity contribution in [1.29, 1.82) is 0 Å². The van der Waals surface area contributed by atoms with Crippen LogP contribution in [-0.2, 0) is 16.0 Å². The van der Waals surface area contributed by atoms with E-state index in [1.807, 2.05) is 0 Å². The van der Waals surface area contributed by atoms with Gasteiger partial charge in [-0.2, -0.15) is 14.2 Å². The van der Waals surface area contributed by atoms with Crippen LogP contribution in [0.1, 0.15) is 16.8 Å². The lowest BCUT2D eigenvalue weighted by atomic mass is 10.0. The number of aliphatic hydroxyl groups is 1. The average molecular weight is 491 g/mol. The van der Waals surface area contributed by atoms with E-state index in [0.717, 1.165) is 4.68 Å². The van der Waals surface area contributed by atoms with Gasteiger partial charge in [0, 0.05) is 30.9 Å². The van der Waals surface area contributed by atoms with E-state index in [-0.39, 0.29) is 25.7 Å². The SMILES string of the molecule is CN1C(=O)[C@H](NC(=O)n2cc(Cc3cccc(F)n3)cn2)COc2ccc(C#CC3(O)COC3)cc21. The highest BCUT2D eigenvalue weighted by Crippen LogP contribution is 2.31. The van der Waals surface area contributed by atoms with Gasteiger partial charge in [0.25, 0.3) is 5.91 Å². The van der Waals surface area contributed by atoms with Gasteiger partial charge in [-0.25, -0.2) is 9.78 Å². The molecule has 0 unspecified atom stereocenters. The Morgan fingerprint density at radius 3 is 2.92 bits per heavy atom. The van der Waals surface area contributed by atoms with Crippen LogP contribution in [0.25, 0.3) is 0 Å². The molecule has 0 aliphatic carbocycles.